The molecule has 0 amide bonds. The van der Waals surface area contributed by atoms with Gasteiger partial charge in [-0.25, -0.2) is 4.79 Å². The molecule has 0 saturated heterocycles. The maximum absolute atomic E-state index is 12.1. The van der Waals surface area contributed by atoms with Crippen molar-refractivity contribution in [2.75, 3.05) is 20.3 Å². The average Bonchev–Trinajstić information content (AvgIpc) is 2.73. The second-order valence-electron chi connectivity index (χ2n) is 7.54. The van der Waals surface area contributed by atoms with Gasteiger partial charge in [0.25, 0.3) is 0 Å². The summed E-state index contributed by atoms with van der Waals surface area (Å²) < 4.78 is 16.8. The summed E-state index contributed by atoms with van der Waals surface area (Å²) in [5.74, 6) is 1.61. The van der Waals surface area contributed by atoms with Crippen molar-refractivity contribution in [2.24, 2.45) is 0 Å². The molecule has 4 aromatic rings. The van der Waals surface area contributed by atoms with Crippen LogP contribution in [0.15, 0.2) is 69.9 Å². The Morgan fingerprint density at radius 2 is 1.72 bits per heavy atom. The standard InChI is InChI=1S/C24H21NO4/c1-25(14-16-6-8-20-22(12-16)28-11-10-27-20)15-18-13-23(26)29-21-9-7-17-4-2-3-5-19(17)24(18)21/h2-9,12-13H,10-11,14-15H2,1H3/p+1. The first-order valence-corrected chi connectivity index (χ1v) is 9.82. The highest BCUT2D eigenvalue weighted by Gasteiger charge is 2.16. The molecule has 3 aromatic carbocycles. The largest absolute Gasteiger partial charge is 0.486 e. The van der Waals surface area contributed by atoms with Crippen LogP contribution in [0.3, 0.4) is 0 Å². The van der Waals surface area contributed by atoms with Crippen molar-refractivity contribution < 1.29 is 18.8 Å². The van der Waals surface area contributed by atoms with Crippen molar-refractivity contribution in [1.29, 1.82) is 0 Å². The molecule has 1 atom stereocenters. The number of benzene rings is 3. The molecule has 5 nitrogen and oxygen atoms in total. The van der Waals surface area contributed by atoms with E-state index in [2.05, 4.69) is 25.2 Å². The van der Waals surface area contributed by atoms with E-state index in [1.807, 2.05) is 36.4 Å². The third kappa shape index (κ3) is 3.45. The predicted octanol–water partition coefficient (Wildman–Crippen LogP) is 2.93. The normalized spacial score (nSPS) is 14.2. The molecule has 0 aliphatic carbocycles. The third-order valence-electron chi connectivity index (χ3n) is 5.32. The first-order chi connectivity index (χ1) is 14.2. The second kappa shape index (κ2) is 7.26. The van der Waals surface area contributed by atoms with Crippen LogP contribution in [-0.4, -0.2) is 20.3 Å². The van der Waals surface area contributed by atoms with Crippen LogP contribution in [0, 0.1) is 0 Å². The topological polar surface area (TPSA) is 53.1 Å². The van der Waals surface area contributed by atoms with Crippen molar-refractivity contribution in [3.05, 3.63) is 82.2 Å². The van der Waals surface area contributed by atoms with Gasteiger partial charge in [0.15, 0.2) is 11.5 Å². The lowest BCUT2D eigenvalue weighted by Crippen LogP contribution is -3.06. The molecule has 1 aliphatic heterocycles. The molecule has 146 valence electrons. The third-order valence-corrected chi connectivity index (χ3v) is 5.32. The van der Waals surface area contributed by atoms with Crippen molar-refractivity contribution in [3.8, 4) is 11.5 Å². The summed E-state index contributed by atoms with van der Waals surface area (Å²) in [7, 11) is 2.13. The maximum Gasteiger partial charge on any atom is 0.336 e. The van der Waals surface area contributed by atoms with Crippen LogP contribution in [0.25, 0.3) is 21.7 Å². The molecule has 1 unspecified atom stereocenters. The van der Waals surface area contributed by atoms with Gasteiger partial charge in [-0.05, 0) is 35.0 Å². The Bertz CT molecular complexity index is 1260. The second-order valence-corrected chi connectivity index (χ2v) is 7.54. The summed E-state index contributed by atoms with van der Waals surface area (Å²) in [5, 5.41) is 3.26. The lowest BCUT2D eigenvalue weighted by Gasteiger charge is -2.20. The molecular formula is C24H22NO4+. The summed E-state index contributed by atoms with van der Waals surface area (Å²) in [6.07, 6.45) is 0. The summed E-state index contributed by atoms with van der Waals surface area (Å²) in [5.41, 5.74) is 2.50. The van der Waals surface area contributed by atoms with Gasteiger partial charge in [0, 0.05) is 22.6 Å². The molecule has 0 spiro atoms. The number of nitrogens with one attached hydrogen (secondary N) is 1. The Hall–Kier alpha value is -3.31. The van der Waals surface area contributed by atoms with Crippen molar-refractivity contribution >= 4 is 21.7 Å². The number of hydrogen-bond donors (Lipinski definition) is 1. The summed E-state index contributed by atoms with van der Waals surface area (Å²) >= 11 is 0. The van der Waals surface area contributed by atoms with E-state index in [4.69, 9.17) is 13.9 Å². The zero-order chi connectivity index (χ0) is 19.8. The van der Waals surface area contributed by atoms with Crippen molar-refractivity contribution in [3.63, 3.8) is 0 Å². The SMILES string of the molecule is C[NH+](Cc1ccc2c(c1)OCCO2)Cc1cc(=O)oc2ccc3ccccc3c12. The number of rotatable bonds is 4. The first-order valence-electron chi connectivity index (χ1n) is 9.82. The molecule has 1 N–H and O–H groups in total. The Balaban J connectivity index is 1.48. The summed E-state index contributed by atoms with van der Waals surface area (Å²) in [6.45, 7) is 2.70. The van der Waals surface area contributed by atoms with Crippen molar-refractivity contribution in [2.45, 2.75) is 13.1 Å². The predicted molar refractivity (Wildman–Crippen MR) is 112 cm³/mol. The van der Waals surface area contributed by atoms with Crippen LogP contribution < -0.4 is 20.0 Å². The van der Waals surface area contributed by atoms with E-state index in [1.54, 1.807) is 6.07 Å². The fourth-order valence-corrected chi connectivity index (χ4v) is 4.09. The van der Waals surface area contributed by atoms with Crippen LogP contribution in [-0.2, 0) is 13.1 Å². The number of hydrogen-bond acceptors (Lipinski definition) is 4. The molecule has 0 fully saturated rings. The van der Waals surface area contributed by atoms with Crippen LogP contribution >= 0.6 is 0 Å². The summed E-state index contributed by atoms with van der Waals surface area (Å²) in [6, 6.07) is 19.8. The monoisotopic (exact) mass is 388 g/mol. The van der Waals surface area contributed by atoms with E-state index in [0.717, 1.165) is 39.8 Å². The van der Waals surface area contributed by atoms with Gasteiger partial charge in [-0.1, -0.05) is 30.3 Å². The number of fused-ring (bicyclic) bond motifs is 4. The molecule has 0 radical (unpaired) electrons. The van der Waals surface area contributed by atoms with E-state index < -0.39 is 0 Å². The molecule has 1 aromatic heterocycles. The molecular weight excluding hydrogens is 366 g/mol. The molecule has 1 aliphatic rings. The Kier molecular flexibility index (Phi) is 4.45. The lowest BCUT2D eigenvalue weighted by atomic mass is 10.0. The van der Waals surface area contributed by atoms with Gasteiger partial charge in [0.05, 0.1) is 7.05 Å². The van der Waals surface area contributed by atoms with Gasteiger partial charge in [0.2, 0.25) is 0 Å². The number of quaternary nitrogens is 1. The van der Waals surface area contributed by atoms with Gasteiger partial charge in [-0.15, -0.1) is 0 Å². The molecule has 0 saturated carbocycles. The van der Waals surface area contributed by atoms with Gasteiger partial charge < -0.3 is 18.8 Å². The molecule has 5 heteroatoms. The minimum atomic E-state index is -0.310. The molecule has 29 heavy (non-hydrogen) atoms. The Morgan fingerprint density at radius 3 is 2.62 bits per heavy atom. The van der Waals surface area contributed by atoms with Crippen LogP contribution in [0.4, 0.5) is 0 Å². The fraction of sp³-hybridized carbons (Fsp3) is 0.208. The van der Waals surface area contributed by atoms with E-state index in [-0.39, 0.29) is 5.63 Å². The van der Waals surface area contributed by atoms with Gasteiger partial charge >= 0.3 is 5.63 Å². The minimum Gasteiger partial charge on any atom is -0.486 e. The highest BCUT2D eigenvalue weighted by atomic mass is 16.6. The Labute approximate surface area is 168 Å². The smallest absolute Gasteiger partial charge is 0.336 e. The highest BCUT2D eigenvalue weighted by Crippen LogP contribution is 2.30. The van der Waals surface area contributed by atoms with Crippen molar-refractivity contribution in [1.82, 2.24) is 0 Å². The van der Waals surface area contributed by atoms with E-state index in [1.165, 1.54) is 10.5 Å². The maximum atomic E-state index is 12.1. The van der Waals surface area contributed by atoms with Crippen LogP contribution in [0.5, 0.6) is 11.5 Å². The van der Waals surface area contributed by atoms with E-state index in [0.29, 0.717) is 25.3 Å². The lowest BCUT2D eigenvalue weighted by molar-refractivity contribution is -0.907. The minimum absolute atomic E-state index is 0.310. The molecule has 0 bridgehead atoms. The Morgan fingerprint density at radius 1 is 0.897 bits per heavy atom. The molecule has 2 heterocycles. The zero-order valence-electron chi connectivity index (χ0n) is 16.2. The van der Waals surface area contributed by atoms with Gasteiger partial charge in [0.1, 0.15) is 31.9 Å². The first kappa shape index (κ1) is 17.8. The van der Waals surface area contributed by atoms with Gasteiger partial charge in [-0.3, -0.25) is 0 Å². The quantitative estimate of drug-likeness (QED) is 0.431. The zero-order valence-corrected chi connectivity index (χ0v) is 16.2. The van der Waals surface area contributed by atoms with E-state index >= 15 is 0 Å². The number of ether oxygens (including phenoxy) is 2. The van der Waals surface area contributed by atoms with Crippen LogP contribution in [0.2, 0.25) is 0 Å². The average molecular weight is 388 g/mol. The summed E-state index contributed by atoms with van der Waals surface area (Å²) in [4.78, 5) is 13.4. The molecule has 5 rings (SSSR count). The van der Waals surface area contributed by atoms with Crippen LogP contribution in [0.1, 0.15) is 11.1 Å². The highest BCUT2D eigenvalue weighted by molar-refractivity contribution is 6.06. The van der Waals surface area contributed by atoms with E-state index in [9.17, 15) is 4.79 Å². The van der Waals surface area contributed by atoms with Gasteiger partial charge in [-0.2, -0.15) is 0 Å². The fourth-order valence-electron chi connectivity index (χ4n) is 4.09.